The molecule has 110 valence electrons. The van der Waals surface area contributed by atoms with Crippen LogP contribution in [-0.4, -0.2) is 53.7 Å². The Kier molecular flexibility index (Phi) is 4.77. The van der Waals surface area contributed by atoms with E-state index in [1.54, 1.807) is 0 Å². The standard InChI is InChI=1S/C13H18ClN3O3/c1-8(9-5-4-6-17(9)2)20-11-7-10(14)15-12(16-11)13(18)19-3/h7-9H,4-6H2,1-3H3/t8-,9-/m0/s1. The van der Waals surface area contributed by atoms with Crippen LogP contribution in [0.1, 0.15) is 30.4 Å². The second kappa shape index (κ2) is 6.37. The fraction of sp³-hybridized carbons (Fsp3) is 0.615. The highest BCUT2D eigenvalue weighted by molar-refractivity contribution is 6.29. The fourth-order valence-corrected chi connectivity index (χ4v) is 2.61. The Balaban J connectivity index is 2.12. The predicted molar refractivity (Wildman–Crippen MR) is 74.1 cm³/mol. The number of ether oxygens (including phenoxy) is 2. The van der Waals surface area contributed by atoms with Crippen LogP contribution in [0.25, 0.3) is 0 Å². The second-order valence-corrected chi connectivity index (χ2v) is 5.24. The fourth-order valence-electron chi connectivity index (χ4n) is 2.44. The summed E-state index contributed by atoms with van der Waals surface area (Å²) in [6.45, 7) is 3.05. The van der Waals surface area contributed by atoms with Crippen LogP contribution in [0.2, 0.25) is 5.15 Å². The van der Waals surface area contributed by atoms with Gasteiger partial charge in [-0.25, -0.2) is 9.78 Å². The van der Waals surface area contributed by atoms with Gasteiger partial charge in [-0.2, -0.15) is 4.98 Å². The van der Waals surface area contributed by atoms with Gasteiger partial charge in [0.05, 0.1) is 7.11 Å². The Morgan fingerprint density at radius 3 is 2.90 bits per heavy atom. The third-order valence-electron chi connectivity index (χ3n) is 3.46. The Hall–Kier alpha value is -1.40. The van der Waals surface area contributed by atoms with E-state index in [9.17, 15) is 4.79 Å². The van der Waals surface area contributed by atoms with E-state index in [1.165, 1.54) is 13.2 Å². The molecule has 2 atom stereocenters. The summed E-state index contributed by atoms with van der Waals surface area (Å²) in [5.74, 6) is -0.442. The van der Waals surface area contributed by atoms with Crippen LogP contribution in [0, 0.1) is 0 Å². The number of esters is 1. The zero-order chi connectivity index (χ0) is 14.7. The van der Waals surface area contributed by atoms with Crippen LogP contribution in [0.4, 0.5) is 0 Å². The van der Waals surface area contributed by atoms with Gasteiger partial charge in [0, 0.05) is 12.1 Å². The molecular weight excluding hydrogens is 282 g/mol. The SMILES string of the molecule is COC(=O)c1nc(Cl)cc(O[C@@H](C)[C@@H]2CCCN2C)n1. The number of carbonyl (C=O) groups excluding carboxylic acids is 1. The van der Waals surface area contributed by atoms with Gasteiger partial charge in [-0.1, -0.05) is 11.6 Å². The molecule has 1 saturated heterocycles. The number of likely N-dealkylation sites (N-methyl/N-ethyl adjacent to an activating group) is 1. The minimum absolute atomic E-state index is 0.0426. The third kappa shape index (κ3) is 3.37. The molecule has 0 unspecified atom stereocenters. The van der Waals surface area contributed by atoms with Crippen molar-refractivity contribution in [2.24, 2.45) is 0 Å². The number of hydrogen-bond acceptors (Lipinski definition) is 6. The zero-order valence-corrected chi connectivity index (χ0v) is 12.6. The van der Waals surface area contributed by atoms with Gasteiger partial charge in [0.25, 0.3) is 0 Å². The molecule has 0 amide bonds. The number of rotatable bonds is 4. The number of halogens is 1. The normalized spacial score (nSPS) is 20.7. The lowest BCUT2D eigenvalue weighted by molar-refractivity contribution is 0.0582. The highest BCUT2D eigenvalue weighted by Crippen LogP contribution is 2.22. The maximum Gasteiger partial charge on any atom is 0.376 e. The van der Waals surface area contributed by atoms with Crippen LogP contribution in [0.3, 0.4) is 0 Å². The van der Waals surface area contributed by atoms with E-state index in [2.05, 4.69) is 26.7 Å². The first-order valence-electron chi connectivity index (χ1n) is 6.51. The van der Waals surface area contributed by atoms with Gasteiger partial charge in [-0.15, -0.1) is 0 Å². The second-order valence-electron chi connectivity index (χ2n) is 4.86. The lowest BCUT2D eigenvalue weighted by atomic mass is 10.1. The first kappa shape index (κ1) is 15.0. The zero-order valence-electron chi connectivity index (χ0n) is 11.8. The first-order chi connectivity index (χ1) is 9.51. The number of aromatic nitrogens is 2. The van der Waals surface area contributed by atoms with E-state index >= 15 is 0 Å². The van der Waals surface area contributed by atoms with Crippen molar-refractivity contribution in [3.05, 3.63) is 17.0 Å². The molecule has 7 heteroatoms. The molecule has 1 aromatic rings. The maximum atomic E-state index is 11.4. The van der Waals surface area contributed by atoms with Crippen LogP contribution < -0.4 is 4.74 Å². The van der Waals surface area contributed by atoms with Crippen molar-refractivity contribution in [1.82, 2.24) is 14.9 Å². The minimum Gasteiger partial charge on any atom is -0.473 e. The molecule has 1 aliphatic rings. The van der Waals surface area contributed by atoms with Gasteiger partial charge in [-0.05, 0) is 33.4 Å². The smallest absolute Gasteiger partial charge is 0.376 e. The first-order valence-corrected chi connectivity index (χ1v) is 6.89. The Morgan fingerprint density at radius 2 is 2.30 bits per heavy atom. The number of carbonyl (C=O) groups is 1. The Bertz CT molecular complexity index is 498. The van der Waals surface area contributed by atoms with Gasteiger partial charge in [0.2, 0.25) is 11.7 Å². The van der Waals surface area contributed by atoms with Gasteiger partial charge in [-0.3, -0.25) is 4.90 Å². The molecule has 2 heterocycles. The molecule has 0 bridgehead atoms. The predicted octanol–water partition coefficient (Wildman–Crippen LogP) is 1.78. The van der Waals surface area contributed by atoms with Crippen molar-refractivity contribution in [2.45, 2.75) is 31.9 Å². The number of likely N-dealkylation sites (tertiary alicyclic amines) is 1. The van der Waals surface area contributed by atoms with Crippen molar-refractivity contribution >= 4 is 17.6 Å². The molecule has 0 N–H and O–H groups in total. The van der Waals surface area contributed by atoms with Gasteiger partial charge in [0.1, 0.15) is 11.3 Å². The number of nitrogens with zero attached hydrogens (tertiary/aromatic N) is 3. The summed E-state index contributed by atoms with van der Waals surface area (Å²) in [4.78, 5) is 21.5. The van der Waals surface area contributed by atoms with Crippen molar-refractivity contribution in [3.63, 3.8) is 0 Å². The van der Waals surface area contributed by atoms with E-state index in [0.29, 0.717) is 6.04 Å². The summed E-state index contributed by atoms with van der Waals surface area (Å²) in [5, 5.41) is 0.155. The van der Waals surface area contributed by atoms with Crippen molar-refractivity contribution in [2.75, 3.05) is 20.7 Å². The van der Waals surface area contributed by atoms with Crippen LogP contribution in [0.15, 0.2) is 6.07 Å². The summed E-state index contributed by atoms with van der Waals surface area (Å²) in [7, 11) is 3.34. The maximum absolute atomic E-state index is 11.4. The lowest BCUT2D eigenvalue weighted by Crippen LogP contribution is -2.38. The molecule has 2 rings (SSSR count). The highest BCUT2D eigenvalue weighted by Gasteiger charge is 2.28. The molecule has 0 aliphatic carbocycles. The van der Waals surface area contributed by atoms with E-state index < -0.39 is 5.97 Å². The van der Waals surface area contributed by atoms with E-state index in [-0.39, 0.29) is 23.0 Å². The van der Waals surface area contributed by atoms with Crippen LogP contribution in [0.5, 0.6) is 5.88 Å². The molecule has 20 heavy (non-hydrogen) atoms. The van der Waals surface area contributed by atoms with Crippen molar-refractivity contribution in [1.29, 1.82) is 0 Å². The number of methoxy groups -OCH3 is 1. The quantitative estimate of drug-likeness (QED) is 0.624. The monoisotopic (exact) mass is 299 g/mol. The summed E-state index contributed by atoms with van der Waals surface area (Å²) >= 11 is 5.87. The average Bonchev–Trinajstić information content (AvgIpc) is 2.83. The van der Waals surface area contributed by atoms with Gasteiger partial charge >= 0.3 is 5.97 Å². The van der Waals surface area contributed by atoms with E-state index in [0.717, 1.165) is 19.4 Å². The van der Waals surface area contributed by atoms with Crippen molar-refractivity contribution in [3.8, 4) is 5.88 Å². The Labute approximate surface area is 123 Å². The van der Waals surface area contributed by atoms with Gasteiger partial charge in [0.15, 0.2) is 0 Å². The molecule has 6 nitrogen and oxygen atoms in total. The van der Waals surface area contributed by atoms with Crippen molar-refractivity contribution < 1.29 is 14.3 Å². The third-order valence-corrected chi connectivity index (χ3v) is 3.66. The van der Waals surface area contributed by atoms with E-state index in [4.69, 9.17) is 16.3 Å². The van der Waals surface area contributed by atoms with Crippen LogP contribution >= 0.6 is 11.6 Å². The molecule has 0 aromatic carbocycles. The molecular formula is C13H18ClN3O3. The molecule has 0 saturated carbocycles. The Morgan fingerprint density at radius 1 is 1.55 bits per heavy atom. The molecule has 1 aromatic heterocycles. The van der Waals surface area contributed by atoms with Gasteiger partial charge < -0.3 is 9.47 Å². The summed E-state index contributed by atoms with van der Waals surface area (Å²) < 4.78 is 10.4. The molecule has 0 spiro atoms. The largest absolute Gasteiger partial charge is 0.473 e. The average molecular weight is 300 g/mol. The molecule has 1 aliphatic heterocycles. The summed E-state index contributed by atoms with van der Waals surface area (Å²) in [5.41, 5.74) is 0. The summed E-state index contributed by atoms with van der Waals surface area (Å²) in [6, 6.07) is 1.84. The molecule has 1 fully saturated rings. The molecule has 0 radical (unpaired) electrons. The lowest BCUT2D eigenvalue weighted by Gasteiger charge is -2.26. The van der Waals surface area contributed by atoms with E-state index in [1.807, 2.05) is 6.92 Å². The topological polar surface area (TPSA) is 64.6 Å². The summed E-state index contributed by atoms with van der Waals surface area (Å²) in [6.07, 6.45) is 2.20. The minimum atomic E-state index is -0.636. The number of hydrogen-bond donors (Lipinski definition) is 0. The highest BCUT2D eigenvalue weighted by atomic mass is 35.5. The van der Waals surface area contributed by atoms with Crippen LogP contribution in [-0.2, 0) is 4.74 Å².